The van der Waals surface area contributed by atoms with Gasteiger partial charge in [0.05, 0.1) is 6.04 Å². The van der Waals surface area contributed by atoms with Crippen molar-refractivity contribution in [3.63, 3.8) is 0 Å². The van der Waals surface area contributed by atoms with Gasteiger partial charge in [0, 0.05) is 12.2 Å². The first-order valence-corrected chi connectivity index (χ1v) is 10.8. The number of nitrogens with one attached hydrogen (secondary N) is 3. The van der Waals surface area contributed by atoms with Crippen LogP contribution in [0.25, 0.3) is 0 Å². The highest BCUT2D eigenvalue weighted by atomic mass is 32.1. The highest BCUT2D eigenvalue weighted by Gasteiger charge is 2.32. The molecule has 5 atom stereocenters. The predicted molar refractivity (Wildman–Crippen MR) is 118 cm³/mol. The van der Waals surface area contributed by atoms with Crippen LogP contribution >= 0.6 is 12.6 Å². The molecule has 11 nitrogen and oxygen atoms in total. The van der Waals surface area contributed by atoms with Crippen LogP contribution in [0.3, 0.4) is 0 Å². The molecule has 0 fully saturated rings. The van der Waals surface area contributed by atoms with Gasteiger partial charge in [-0.2, -0.15) is 12.6 Å². The molecule has 0 unspecified atom stereocenters. The minimum absolute atomic E-state index is 0.0212. The summed E-state index contributed by atoms with van der Waals surface area (Å²) in [4.78, 5) is 60.2. The van der Waals surface area contributed by atoms with Gasteiger partial charge in [0.2, 0.25) is 23.6 Å². The van der Waals surface area contributed by atoms with Crippen molar-refractivity contribution in [3.8, 4) is 0 Å². The quantitative estimate of drug-likeness (QED) is 0.157. The van der Waals surface area contributed by atoms with E-state index >= 15 is 0 Å². The molecule has 0 saturated heterocycles. The third-order valence-electron chi connectivity index (χ3n) is 4.94. The lowest BCUT2D eigenvalue weighted by Gasteiger charge is -2.28. The van der Waals surface area contributed by atoms with Crippen molar-refractivity contribution in [1.29, 1.82) is 0 Å². The number of amides is 4. The Morgan fingerprint density at radius 2 is 1.48 bits per heavy atom. The molecule has 0 aromatic heterocycles. The highest BCUT2D eigenvalue weighted by molar-refractivity contribution is 7.80. The van der Waals surface area contributed by atoms with Crippen LogP contribution in [0.4, 0.5) is 0 Å². The van der Waals surface area contributed by atoms with E-state index < -0.39 is 53.8 Å². The zero-order valence-corrected chi connectivity index (χ0v) is 19.3. The fourth-order valence-corrected chi connectivity index (χ4v) is 2.80. The number of nitrogens with two attached hydrogens (primary N) is 2. The lowest BCUT2D eigenvalue weighted by atomic mass is 9.97. The molecule has 0 aliphatic carbocycles. The fraction of sp³-hybridized carbons (Fsp3) is 0.737. The molecule has 12 heteroatoms. The second kappa shape index (κ2) is 13.9. The third-order valence-corrected chi connectivity index (χ3v) is 5.30. The summed E-state index contributed by atoms with van der Waals surface area (Å²) in [6.45, 7) is 7.00. The summed E-state index contributed by atoms with van der Waals surface area (Å²) >= 11 is 3.98. The van der Waals surface area contributed by atoms with Crippen LogP contribution in [-0.4, -0.2) is 64.6 Å². The van der Waals surface area contributed by atoms with Crippen LogP contribution < -0.4 is 27.4 Å². The van der Waals surface area contributed by atoms with Gasteiger partial charge in [-0.25, -0.2) is 0 Å². The molecule has 31 heavy (non-hydrogen) atoms. The summed E-state index contributed by atoms with van der Waals surface area (Å²) in [5, 5.41) is 16.4. The van der Waals surface area contributed by atoms with Crippen LogP contribution in [0.15, 0.2) is 0 Å². The summed E-state index contributed by atoms with van der Waals surface area (Å²) < 4.78 is 0. The van der Waals surface area contributed by atoms with Gasteiger partial charge in [0.1, 0.15) is 18.1 Å². The summed E-state index contributed by atoms with van der Waals surface area (Å²) in [5.41, 5.74) is 11.0. The van der Waals surface area contributed by atoms with Gasteiger partial charge in [0.25, 0.3) is 0 Å². The van der Waals surface area contributed by atoms with E-state index in [1.54, 1.807) is 20.8 Å². The average molecular weight is 462 g/mol. The van der Waals surface area contributed by atoms with Crippen LogP contribution in [-0.2, 0) is 24.0 Å². The minimum Gasteiger partial charge on any atom is -0.481 e. The molecule has 4 amide bonds. The van der Waals surface area contributed by atoms with Gasteiger partial charge in [-0.1, -0.05) is 34.1 Å². The number of carboxylic acid groups (broad SMARTS) is 1. The molecule has 0 spiro atoms. The number of hydrogen-bond donors (Lipinski definition) is 7. The Labute approximate surface area is 187 Å². The maximum atomic E-state index is 12.9. The van der Waals surface area contributed by atoms with E-state index in [2.05, 4.69) is 28.6 Å². The van der Waals surface area contributed by atoms with E-state index in [1.807, 2.05) is 6.92 Å². The summed E-state index contributed by atoms with van der Waals surface area (Å²) in [6, 6.07) is -4.15. The SMILES string of the molecule is CC[C@H](C)[C@H](NC(=O)[C@H](CCC(=O)O)NC(=O)[C@@H](N)C(C)C)C(=O)N[C@@H](CS)C(N)=O. The molecule has 0 bridgehead atoms. The average Bonchev–Trinajstić information content (AvgIpc) is 2.70. The van der Waals surface area contributed by atoms with Gasteiger partial charge < -0.3 is 32.5 Å². The van der Waals surface area contributed by atoms with Gasteiger partial charge in [0.15, 0.2) is 0 Å². The number of rotatable bonds is 14. The normalized spacial score (nSPS) is 15.8. The maximum Gasteiger partial charge on any atom is 0.303 e. The van der Waals surface area contributed by atoms with E-state index in [4.69, 9.17) is 16.6 Å². The fourth-order valence-electron chi connectivity index (χ4n) is 2.53. The van der Waals surface area contributed by atoms with Crippen molar-refractivity contribution < 1.29 is 29.1 Å². The zero-order chi connectivity index (χ0) is 24.3. The van der Waals surface area contributed by atoms with Crippen LogP contribution in [0, 0.1) is 11.8 Å². The second-order valence-corrected chi connectivity index (χ2v) is 8.15. The first-order valence-electron chi connectivity index (χ1n) is 10.1. The van der Waals surface area contributed by atoms with E-state index in [0.29, 0.717) is 6.42 Å². The van der Waals surface area contributed by atoms with E-state index in [1.165, 1.54) is 0 Å². The molecule has 0 aliphatic rings. The molecule has 178 valence electrons. The molecule has 0 aromatic carbocycles. The minimum atomic E-state index is -1.20. The molecule has 0 aromatic rings. The molecular weight excluding hydrogens is 426 g/mol. The lowest BCUT2D eigenvalue weighted by Crippen LogP contribution is -2.59. The summed E-state index contributed by atoms with van der Waals surface area (Å²) in [7, 11) is 0. The van der Waals surface area contributed by atoms with E-state index in [9.17, 15) is 24.0 Å². The number of thiol groups is 1. The van der Waals surface area contributed by atoms with Crippen molar-refractivity contribution in [3.05, 3.63) is 0 Å². The Morgan fingerprint density at radius 3 is 1.90 bits per heavy atom. The van der Waals surface area contributed by atoms with Gasteiger partial charge >= 0.3 is 5.97 Å². The Bertz CT molecular complexity index is 660. The predicted octanol–water partition coefficient (Wildman–Crippen LogP) is -1.25. The summed E-state index contributed by atoms with van der Waals surface area (Å²) in [6.07, 6.45) is -0.0448. The lowest BCUT2D eigenvalue weighted by molar-refractivity contribution is -0.138. The standard InChI is InChI=1S/C19H35N5O6S/c1-5-10(4)15(19(30)23-12(8-31)16(21)27)24-17(28)11(6-7-13(25)26)22-18(29)14(20)9(2)3/h9-12,14-15,31H,5-8,20H2,1-4H3,(H2,21,27)(H,22,29)(H,23,30)(H,24,28)(H,25,26)/t10-,11-,12-,14-,15-/m0/s1. The molecular formula is C19H35N5O6S. The van der Waals surface area contributed by atoms with E-state index in [0.717, 1.165) is 0 Å². The van der Waals surface area contributed by atoms with E-state index in [-0.39, 0.29) is 30.4 Å². The van der Waals surface area contributed by atoms with Crippen molar-refractivity contribution in [2.75, 3.05) is 5.75 Å². The number of carbonyl (C=O) groups excluding carboxylic acids is 4. The topological polar surface area (TPSA) is 194 Å². The number of hydrogen-bond acceptors (Lipinski definition) is 7. The Morgan fingerprint density at radius 1 is 0.935 bits per heavy atom. The molecule has 0 rings (SSSR count). The second-order valence-electron chi connectivity index (χ2n) is 7.78. The van der Waals surface area contributed by atoms with Gasteiger partial charge in [-0.3, -0.25) is 24.0 Å². The Balaban J connectivity index is 5.54. The maximum absolute atomic E-state index is 12.9. The van der Waals surface area contributed by atoms with Crippen molar-refractivity contribution >= 4 is 42.2 Å². The largest absolute Gasteiger partial charge is 0.481 e. The molecule has 0 heterocycles. The molecule has 8 N–H and O–H groups in total. The monoisotopic (exact) mass is 461 g/mol. The van der Waals surface area contributed by atoms with Crippen LogP contribution in [0.5, 0.6) is 0 Å². The van der Waals surface area contributed by atoms with Gasteiger partial charge in [-0.15, -0.1) is 0 Å². The van der Waals surface area contributed by atoms with Crippen LogP contribution in [0.1, 0.15) is 47.0 Å². The number of primary amides is 1. The smallest absolute Gasteiger partial charge is 0.303 e. The van der Waals surface area contributed by atoms with Crippen molar-refractivity contribution in [2.24, 2.45) is 23.3 Å². The molecule has 0 radical (unpaired) electrons. The first-order chi connectivity index (χ1) is 14.3. The molecule has 0 aliphatic heterocycles. The number of aliphatic carboxylic acids is 1. The molecule has 0 saturated carbocycles. The number of carboxylic acids is 1. The van der Waals surface area contributed by atoms with Gasteiger partial charge in [-0.05, 0) is 18.3 Å². The van der Waals surface area contributed by atoms with Crippen molar-refractivity contribution in [2.45, 2.75) is 71.1 Å². The third kappa shape index (κ3) is 10.0. The Hall–Kier alpha value is -2.34. The zero-order valence-electron chi connectivity index (χ0n) is 18.4. The first kappa shape index (κ1) is 28.7. The Kier molecular flexibility index (Phi) is 12.8. The van der Waals surface area contributed by atoms with Crippen LogP contribution in [0.2, 0.25) is 0 Å². The highest BCUT2D eigenvalue weighted by Crippen LogP contribution is 2.10. The van der Waals surface area contributed by atoms with Crippen molar-refractivity contribution in [1.82, 2.24) is 16.0 Å². The summed E-state index contributed by atoms with van der Waals surface area (Å²) in [5.74, 6) is -4.43. The number of carbonyl (C=O) groups is 5.